The summed E-state index contributed by atoms with van der Waals surface area (Å²) in [6, 6.07) is 23.0. The number of aromatic nitrogens is 1. The van der Waals surface area contributed by atoms with Crippen molar-refractivity contribution in [3.8, 4) is 11.3 Å². The molecule has 0 unspecified atom stereocenters. The minimum absolute atomic E-state index is 0. The predicted molar refractivity (Wildman–Crippen MR) is 149 cm³/mol. The van der Waals surface area contributed by atoms with Gasteiger partial charge in [-0.2, -0.15) is 0 Å². The first-order chi connectivity index (χ1) is 16.3. The third-order valence-corrected chi connectivity index (χ3v) is 5.71. The number of halogens is 1. The molecule has 1 aromatic heterocycles. The maximum atomic E-state index is 5.49. The van der Waals surface area contributed by atoms with Gasteiger partial charge >= 0.3 is 0 Å². The van der Waals surface area contributed by atoms with E-state index in [2.05, 4.69) is 76.0 Å². The highest BCUT2D eigenvalue weighted by Crippen LogP contribution is 2.18. The van der Waals surface area contributed by atoms with Crippen LogP contribution in [-0.4, -0.2) is 48.7 Å². The van der Waals surface area contributed by atoms with Crippen LogP contribution in [0.3, 0.4) is 0 Å². The lowest BCUT2D eigenvalue weighted by atomic mass is 10.1. The highest BCUT2D eigenvalue weighted by atomic mass is 127. The molecule has 2 N–H and O–H groups in total. The molecule has 0 radical (unpaired) electrons. The van der Waals surface area contributed by atoms with E-state index in [-0.39, 0.29) is 24.0 Å². The highest BCUT2D eigenvalue weighted by Gasteiger charge is 2.13. The second-order valence-electron chi connectivity index (χ2n) is 8.12. The molecule has 3 aromatic rings. The molecule has 2 aromatic carbocycles. The van der Waals surface area contributed by atoms with E-state index in [1.54, 1.807) is 0 Å². The molecule has 1 saturated heterocycles. The lowest BCUT2D eigenvalue weighted by Crippen LogP contribution is -2.38. The first-order valence-electron chi connectivity index (χ1n) is 11.7. The van der Waals surface area contributed by atoms with Crippen molar-refractivity contribution < 1.29 is 4.74 Å². The molecule has 2 heterocycles. The number of morpholine rings is 1. The van der Waals surface area contributed by atoms with Gasteiger partial charge in [0.1, 0.15) is 0 Å². The van der Waals surface area contributed by atoms with E-state index in [1.165, 1.54) is 11.1 Å². The van der Waals surface area contributed by atoms with Crippen LogP contribution in [0, 0.1) is 0 Å². The lowest BCUT2D eigenvalue weighted by molar-refractivity contribution is 0.0341. The van der Waals surface area contributed by atoms with Gasteiger partial charge in [-0.3, -0.25) is 9.88 Å². The Labute approximate surface area is 219 Å². The largest absolute Gasteiger partial charge is 0.379 e. The number of hydrogen-bond acceptors (Lipinski definition) is 4. The number of nitrogens with zero attached hydrogens (tertiary/aromatic N) is 3. The highest BCUT2D eigenvalue weighted by molar-refractivity contribution is 14.0. The number of aliphatic imine (C=N–C) groups is 1. The van der Waals surface area contributed by atoms with Crippen LogP contribution >= 0.6 is 24.0 Å². The molecule has 0 atom stereocenters. The molecule has 1 fully saturated rings. The fourth-order valence-electron chi connectivity index (χ4n) is 3.94. The van der Waals surface area contributed by atoms with Crippen LogP contribution in [0.1, 0.15) is 23.6 Å². The van der Waals surface area contributed by atoms with E-state index >= 15 is 0 Å². The normalized spacial score (nSPS) is 14.3. The van der Waals surface area contributed by atoms with Crippen molar-refractivity contribution in [1.82, 2.24) is 20.5 Å². The summed E-state index contributed by atoms with van der Waals surface area (Å²) in [5.74, 6) is 0.821. The topological polar surface area (TPSA) is 61.8 Å². The molecule has 34 heavy (non-hydrogen) atoms. The summed E-state index contributed by atoms with van der Waals surface area (Å²) in [5, 5.41) is 6.88. The van der Waals surface area contributed by atoms with Gasteiger partial charge in [0, 0.05) is 44.5 Å². The Kier molecular flexibility index (Phi) is 10.8. The number of guanidine groups is 1. The van der Waals surface area contributed by atoms with Gasteiger partial charge < -0.3 is 15.4 Å². The van der Waals surface area contributed by atoms with Crippen LogP contribution in [0.5, 0.6) is 0 Å². The summed E-state index contributed by atoms with van der Waals surface area (Å²) in [6.45, 7) is 8.81. The fourth-order valence-corrected chi connectivity index (χ4v) is 3.94. The van der Waals surface area contributed by atoms with Crippen molar-refractivity contribution in [3.63, 3.8) is 0 Å². The van der Waals surface area contributed by atoms with Gasteiger partial charge in [0.2, 0.25) is 0 Å². The molecular formula is C27H34IN5O. The second kappa shape index (κ2) is 14.0. The quantitative estimate of drug-likeness (QED) is 0.238. The average molecular weight is 572 g/mol. The third kappa shape index (κ3) is 7.78. The maximum absolute atomic E-state index is 5.49. The Morgan fingerprint density at radius 2 is 1.76 bits per heavy atom. The zero-order valence-corrected chi connectivity index (χ0v) is 22.1. The zero-order chi connectivity index (χ0) is 22.7. The second-order valence-corrected chi connectivity index (χ2v) is 8.12. The summed E-state index contributed by atoms with van der Waals surface area (Å²) in [7, 11) is 0. The van der Waals surface area contributed by atoms with Crippen LogP contribution in [0.15, 0.2) is 77.9 Å². The predicted octanol–water partition coefficient (Wildman–Crippen LogP) is 4.45. The minimum atomic E-state index is 0. The number of benzene rings is 2. The summed E-state index contributed by atoms with van der Waals surface area (Å²) >= 11 is 0. The summed E-state index contributed by atoms with van der Waals surface area (Å²) < 4.78 is 5.49. The van der Waals surface area contributed by atoms with E-state index in [0.717, 1.165) is 68.7 Å². The summed E-state index contributed by atoms with van der Waals surface area (Å²) in [5.41, 5.74) is 5.89. The van der Waals surface area contributed by atoms with Gasteiger partial charge in [-0.25, -0.2) is 4.99 Å². The van der Waals surface area contributed by atoms with E-state index in [1.807, 2.05) is 24.4 Å². The number of rotatable bonds is 8. The van der Waals surface area contributed by atoms with Gasteiger partial charge in [0.15, 0.2) is 5.96 Å². The monoisotopic (exact) mass is 571 g/mol. The molecule has 7 heteroatoms. The first kappa shape index (κ1) is 26.1. The van der Waals surface area contributed by atoms with Crippen molar-refractivity contribution in [2.75, 3.05) is 32.8 Å². The van der Waals surface area contributed by atoms with E-state index in [4.69, 9.17) is 9.73 Å². The van der Waals surface area contributed by atoms with Crippen LogP contribution in [-0.2, 0) is 24.4 Å². The van der Waals surface area contributed by atoms with E-state index in [0.29, 0.717) is 6.54 Å². The molecule has 0 bridgehead atoms. The number of nitrogens with one attached hydrogen (secondary N) is 2. The van der Waals surface area contributed by atoms with Crippen molar-refractivity contribution in [2.45, 2.75) is 26.6 Å². The zero-order valence-electron chi connectivity index (χ0n) is 19.7. The summed E-state index contributed by atoms with van der Waals surface area (Å²) in [4.78, 5) is 11.7. The van der Waals surface area contributed by atoms with Gasteiger partial charge in [-0.1, -0.05) is 48.5 Å². The Morgan fingerprint density at radius 3 is 2.53 bits per heavy atom. The molecule has 0 saturated carbocycles. The number of ether oxygens (including phenoxy) is 1. The van der Waals surface area contributed by atoms with Gasteiger partial charge in [0.25, 0.3) is 0 Å². The molecule has 0 spiro atoms. The molecule has 4 rings (SSSR count). The Bertz CT molecular complexity index is 1040. The molecule has 6 nitrogen and oxygen atoms in total. The van der Waals surface area contributed by atoms with E-state index < -0.39 is 0 Å². The van der Waals surface area contributed by atoms with Gasteiger partial charge in [0.05, 0.1) is 25.5 Å². The molecule has 0 aliphatic carbocycles. The Balaban J connectivity index is 0.00000324. The average Bonchev–Trinajstić information content (AvgIpc) is 2.88. The molecule has 1 aliphatic heterocycles. The first-order valence-corrected chi connectivity index (χ1v) is 11.7. The molecule has 180 valence electrons. The van der Waals surface area contributed by atoms with Gasteiger partial charge in [-0.05, 0) is 41.8 Å². The number of pyridine rings is 1. The van der Waals surface area contributed by atoms with Crippen molar-refractivity contribution in [2.24, 2.45) is 4.99 Å². The maximum Gasteiger partial charge on any atom is 0.191 e. The minimum Gasteiger partial charge on any atom is -0.379 e. The molecule has 1 aliphatic rings. The standard InChI is InChI=1S/C27H33N5O.HI/c1-2-28-27(30-19-22-8-7-11-23(18-22)26-12-5-6-13-29-26)31-20-24-9-3-4-10-25(24)21-32-14-16-33-17-15-32;/h3-13,18H,2,14-17,19-21H2,1H3,(H2,28,30,31);1H. The number of hydrogen-bond donors (Lipinski definition) is 2. The Morgan fingerprint density at radius 1 is 0.971 bits per heavy atom. The van der Waals surface area contributed by atoms with Crippen molar-refractivity contribution in [3.05, 3.63) is 89.6 Å². The van der Waals surface area contributed by atoms with Crippen LogP contribution < -0.4 is 10.6 Å². The smallest absolute Gasteiger partial charge is 0.191 e. The van der Waals surface area contributed by atoms with Crippen molar-refractivity contribution >= 4 is 29.9 Å². The van der Waals surface area contributed by atoms with Crippen molar-refractivity contribution in [1.29, 1.82) is 0 Å². The van der Waals surface area contributed by atoms with Crippen LogP contribution in [0.2, 0.25) is 0 Å². The summed E-state index contributed by atoms with van der Waals surface area (Å²) in [6.07, 6.45) is 1.82. The molecule has 0 amide bonds. The van der Waals surface area contributed by atoms with Gasteiger partial charge in [-0.15, -0.1) is 24.0 Å². The van der Waals surface area contributed by atoms with E-state index in [9.17, 15) is 0 Å². The molecular weight excluding hydrogens is 537 g/mol. The lowest BCUT2D eigenvalue weighted by Gasteiger charge is -2.27. The Hall–Kier alpha value is -2.49. The van der Waals surface area contributed by atoms with Crippen LogP contribution in [0.4, 0.5) is 0 Å². The SMILES string of the molecule is CCNC(=NCc1cccc(-c2ccccn2)c1)NCc1ccccc1CN1CCOCC1.I. The van der Waals surface area contributed by atoms with Crippen LogP contribution in [0.25, 0.3) is 11.3 Å². The third-order valence-electron chi connectivity index (χ3n) is 5.71. The fraction of sp³-hybridized carbons (Fsp3) is 0.333.